The van der Waals surface area contributed by atoms with Crippen molar-refractivity contribution >= 4 is 11.6 Å². The number of guanidine groups is 1. The molecule has 0 aliphatic carbocycles. The summed E-state index contributed by atoms with van der Waals surface area (Å²) in [5.41, 5.74) is 0.948. The van der Waals surface area contributed by atoms with Crippen LogP contribution in [0.5, 0.6) is 0 Å². The molecule has 9 nitrogen and oxygen atoms in total. The van der Waals surface area contributed by atoms with Gasteiger partial charge in [-0.25, -0.2) is 4.99 Å². The Bertz CT molecular complexity index is 642. The molecule has 0 bridgehead atoms. The number of hydrogen-bond acceptors (Lipinski definition) is 6. The quantitative estimate of drug-likeness (QED) is 0.215. The summed E-state index contributed by atoms with van der Waals surface area (Å²) in [5, 5.41) is 17.4. The van der Waals surface area contributed by atoms with Crippen LogP contribution in [0.4, 0.5) is 5.69 Å². The second-order valence-electron chi connectivity index (χ2n) is 7.27. The summed E-state index contributed by atoms with van der Waals surface area (Å²) < 4.78 is 10.5. The highest BCUT2D eigenvalue weighted by atomic mass is 16.6. The molecule has 0 saturated carbocycles. The Morgan fingerprint density at radius 1 is 1.29 bits per heavy atom. The van der Waals surface area contributed by atoms with Gasteiger partial charge in [0.05, 0.1) is 31.3 Å². The molecule has 0 atom stereocenters. The van der Waals surface area contributed by atoms with Gasteiger partial charge < -0.3 is 20.1 Å². The molecule has 1 aromatic carbocycles. The molecule has 0 unspecified atom stereocenters. The van der Waals surface area contributed by atoms with Crippen molar-refractivity contribution in [2.24, 2.45) is 4.99 Å². The van der Waals surface area contributed by atoms with E-state index >= 15 is 0 Å². The van der Waals surface area contributed by atoms with Crippen LogP contribution in [0.25, 0.3) is 0 Å². The third kappa shape index (κ3) is 7.06. The molecule has 1 saturated heterocycles. The highest BCUT2D eigenvalue weighted by molar-refractivity contribution is 5.79. The van der Waals surface area contributed by atoms with Crippen LogP contribution >= 0.6 is 0 Å². The predicted molar refractivity (Wildman–Crippen MR) is 109 cm³/mol. The second-order valence-corrected chi connectivity index (χ2v) is 7.27. The van der Waals surface area contributed by atoms with Crippen molar-refractivity contribution < 1.29 is 14.4 Å². The summed E-state index contributed by atoms with van der Waals surface area (Å²) in [7, 11) is 1.66. The predicted octanol–water partition coefficient (Wildman–Crippen LogP) is 1.39. The van der Waals surface area contributed by atoms with E-state index in [9.17, 15) is 10.1 Å². The average Bonchev–Trinajstić information content (AvgIpc) is 2.70. The van der Waals surface area contributed by atoms with Gasteiger partial charge in [-0.05, 0) is 19.4 Å². The maximum absolute atomic E-state index is 10.8. The van der Waals surface area contributed by atoms with Crippen LogP contribution in [0.3, 0.4) is 0 Å². The molecule has 0 spiro atoms. The van der Waals surface area contributed by atoms with Gasteiger partial charge in [0.1, 0.15) is 0 Å². The second kappa shape index (κ2) is 10.9. The maximum Gasteiger partial charge on any atom is 0.269 e. The van der Waals surface area contributed by atoms with E-state index < -0.39 is 4.92 Å². The molecule has 156 valence electrons. The molecule has 2 N–H and O–H groups in total. The number of aliphatic imine (C=N–C) groups is 1. The Labute approximate surface area is 166 Å². The van der Waals surface area contributed by atoms with Gasteiger partial charge in [0.25, 0.3) is 5.69 Å². The summed E-state index contributed by atoms with van der Waals surface area (Å²) in [5.74, 6) is 0.691. The molecule has 9 heteroatoms. The third-order valence-electron chi connectivity index (χ3n) is 4.72. The topological polar surface area (TPSA) is 101 Å². The highest BCUT2D eigenvalue weighted by Gasteiger charge is 2.28. The Kier molecular flexibility index (Phi) is 8.62. The highest BCUT2D eigenvalue weighted by Crippen LogP contribution is 2.15. The lowest BCUT2D eigenvalue weighted by Gasteiger charge is -2.41. The number of benzene rings is 1. The Morgan fingerprint density at radius 2 is 1.96 bits per heavy atom. The lowest BCUT2D eigenvalue weighted by molar-refractivity contribution is -0.384. The number of morpholine rings is 1. The van der Waals surface area contributed by atoms with Crippen molar-refractivity contribution in [1.82, 2.24) is 15.5 Å². The Morgan fingerprint density at radius 3 is 2.57 bits per heavy atom. The van der Waals surface area contributed by atoms with Gasteiger partial charge in [0.2, 0.25) is 0 Å². The van der Waals surface area contributed by atoms with Crippen molar-refractivity contribution in [3.8, 4) is 0 Å². The van der Waals surface area contributed by atoms with Crippen LogP contribution in [0, 0.1) is 10.1 Å². The molecule has 0 aromatic heterocycles. The van der Waals surface area contributed by atoms with Crippen LogP contribution in [0.15, 0.2) is 29.3 Å². The first-order valence-corrected chi connectivity index (χ1v) is 9.49. The standard InChI is InChI=1S/C19H31N5O4/c1-19(2,23-9-12-28-13-10-23)15-22-18(20-8-11-27-3)21-14-16-4-6-17(7-5-16)24(25)26/h4-7H,8-15H2,1-3H3,(H2,20,21,22). The SMILES string of the molecule is COCCNC(=NCc1ccc([N+](=O)[O-])cc1)NCC(C)(C)N1CCOCC1. The minimum absolute atomic E-state index is 0.0408. The van der Waals surface area contributed by atoms with Gasteiger partial charge in [-0.1, -0.05) is 12.1 Å². The molecule has 1 aliphatic heterocycles. The van der Waals surface area contributed by atoms with Crippen LogP contribution in [0.1, 0.15) is 19.4 Å². The smallest absolute Gasteiger partial charge is 0.269 e. The van der Waals surface area contributed by atoms with Crippen molar-refractivity contribution in [3.05, 3.63) is 39.9 Å². The van der Waals surface area contributed by atoms with E-state index in [4.69, 9.17) is 9.47 Å². The first-order chi connectivity index (χ1) is 13.4. The van der Waals surface area contributed by atoms with Crippen molar-refractivity contribution in [3.63, 3.8) is 0 Å². The molecular weight excluding hydrogens is 362 g/mol. The van der Waals surface area contributed by atoms with Crippen molar-refractivity contribution in [2.45, 2.75) is 25.9 Å². The Balaban J connectivity index is 1.97. The fourth-order valence-corrected chi connectivity index (χ4v) is 2.92. The molecule has 1 aromatic rings. The van der Waals surface area contributed by atoms with E-state index in [2.05, 4.69) is 34.4 Å². The minimum Gasteiger partial charge on any atom is -0.383 e. The number of nitrogens with zero attached hydrogens (tertiary/aromatic N) is 3. The molecule has 2 rings (SSSR count). The summed E-state index contributed by atoms with van der Waals surface area (Å²) in [6.45, 7) is 10.1. The number of nitrogens with one attached hydrogen (secondary N) is 2. The van der Waals surface area contributed by atoms with Crippen LogP contribution in [0.2, 0.25) is 0 Å². The van der Waals surface area contributed by atoms with E-state index in [-0.39, 0.29) is 11.2 Å². The van der Waals surface area contributed by atoms with Crippen LogP contribution in [-0.2, 0) is 16.0 Å². The number of non-ortho nitro benzene ring substituents is 1. The van der Waals surface area contributed by atoms with Gasteiger partial charge in [-0.2, -0.15) is 0 Å². The van der Waals surface area contributed by atoms with Gasteiger partial charge in [0, 0.05) is 51.0 Å². The van der Waals surface area contributed by atoms with E-state index in [1.165, 1.54) is 12.1 Å². The summed E-state index contributed by atoms with van der Waals surface area (Å²) >= 11 is 0. The van der Waals surface area contributed by atoms with Crippen molar-refractivity contribution in [1.29, 1.82) is 0 Å². The monoisotopic (exact) mass is 393 g/mol. The lowest BCUT2D eigenvalue weighted by Crippen LogP contribution is -2.56. The van der Waals surface area contributed by atoms with E-state index in [1.807, 2.05) is 0 Å². The lowest BCUT2D eigenvalue weighted by atomic mass is 10.0. The number of nitro benzene ring substituents is 1. The molecule has 1 fully saturated rings. The number of rotatable bonds is 9. The summed E-state index contributed by atoms with van der Waals surface area (Å²) in [6, 6.07) is 6.45. The van der Waals surface area contributed by atoms with E-state index in [0.717, 1.165) is 38.4 Å². The normalized spacial score (nSPS) is 16.0. The number of ether oxygens (including phenoxy) is 2. The summed E-state index contributed by atoms with van der Waals surface area (Å²) in [6.07, 6.45) is 0. The molecule has 1 heterocycles. The first kappa shape index (κ1) is 22.1. The van der Waals surface area contributed by atoms with Gasteiger partial charge in [-0.3, -0.25) is 15.0 Å². The molecule has 28 heavy (non-hydrogen) atoms. The third-order valence-corrected chi connectivity index (χ3v) is 4.72. The van der Waals surface area contributed by atoms with Gasteiger partial charge in [0.15, 0.2) is 5.96 Å². The first-order valence-electron chi connectivity index (χ1n) is 9.49. The average molecular weight is 393 g/mol. The van der Waals surface area contributed by atoms with Crippen LogP contribution < -0.4 is 10.6 Å². The molecule has 0 amide bonds. The minimum atomic E-state index is -0.403. The zero-order valence-electron chi connectivity index (χ0n) is 16.9. The molecular formula is C19H31N5O4. The van der Waals surface area contributed by atoms with Crippen molar-refractivity contribution in [2.75, 3.05) is 53.1 Å². The molecule has 1 aliphatic rings. The van der Waals surface area contributed by atoms with Gasteiger partial charge >= 0.3 is 0 Å². The largest absolute Gasteiger partial charge is 0.383 e. The maximum atomic E-state index is 10.8. The number of methoxy groups -OCH3 is 1. The Hall–Kier alpha value is -2.23. The zero-order chi connectivity index (χ0) is 20.4. The fraction of sp³-hybridized carbons (Fsp3) is 0.632. The number of hydrogen-bond donors (Lipinski definition) is 2. The van der Waals surface area contributed by atoms with E-state index in [1.54, 1.807) is 19.2 Å². The van der Waals surface area contributed by atoms with Crippen LogP contribution in [-0.4, -0.2) is 74.4 Å². The fourth-order valence-electron chi connectivity index (χ4n) is 2.92. The number of nitro groups is 1. The van der Waals surface area contributed by atoms with E-state index in [0.29, 0.717) is 25.7 Å². The summed E-state index contributed by atoms with van der Waals surface area (Å²) in [4.78, 5) is 17.4. The molecule has 0 radical (unpaired) electrons. The zero-order valence-corrected chi connectivity index (χ0v) is 16.9. The van der Waals surface area contributed by atoms with Gasteiger partial charge in [-0.15, -0.1) is 0 Å².